The maximum Gasteiger partial charge on any atom is 0.350 e. The fourth-order valence-corrected chi connectivity index (χ4v) is 4.47. The molecule has 7 heteroatoms. The summed E-state index contributed by atoms with van der Waals surface area (Å²) in [6.07, 6.45) is 1.51. The van der Waals surface area contributed by atoms with Crippen molar-refractivity contribution in [1.82, 2.24) is 4.90 Å². The van der Waals surface area contributed by atoms with Crippen LogP contribution in [0.4, 0.5) is 0 Å². The van der Waals surface area contributed by atoms with Crippen molar-refractivity contribution in [3.05, 3.63) is 58.6 Å². The van der Waals surface area contributed by atoms with Gasteiger partial charge in [-0.2, -0.15) is 0 Å². The number of hydrogen-bond acceptors (Lipinski definition) is 6. The molecule has 0 radical (unpaired) electrons. The van der Waals surface area contributed by atoms with Gasteiger partial charge >= 0.3 is 5.97 Å². The monoisotopic (exact) mass is 445 g/mol. The van der Waals surface area contributed by atoms with Gasteiger partial charge in [0.25, 0.3) is 0 Å². The van der Waals surface area contributed by atoms with Crippen LogP contribution in [0.3, 0.4) is 0 Å². The summed E-state index contributed by atoms with van der Waals surface area (Å²) < 4.78 is 16.1. The smallest absolute Gasteiger partial charge is 0.350 e. The molecular formula is C24H28ClNO5. The Balaban J connectivity index is 1.35. The minimum atomic E-state index is -0.798. The minimum absolute atomic E-state index is 0.147. The summed E-state index contributed by atoms with van der Waals surface area (Å²) in [6.45, 7) is 4.00. The molecule has 2 aliphatic rings. The van der Waals surface area contributed by atoms with Crippen LogP contribution in [0.15, 0.2) is 42.5 Å². The van der Waals surface area contributed by atoms with Crippen LogP contribution in [0.1, 0.15) is 30.9 Å². The summed E-state index contributed by atoms with van der Waals surface area (Å²) in [5.41, 5.74) is 1.28. The number of likely N-dealkylation sites (tertiary alicyclic amines) is 1. The van der Waals surface area contributed by atoms with Crippen LogP contribution >= 0.6 is 11.6 Å². The number of nitrogens with zero attached hydrogens (tertiary/aromatic N) is 1. The van der Waals surface area contributed by atoms with Crippen molar-refractivity contribution in [3.63, 3.8) is 0 Å². The van der Waals surface area contributed by atoms with E-state index in [0.29, 0.717) is 35.4 Å². The quantitative estimate of drug-likeness (QED) is 0.710. The molecule has 1 N–H and O–H groups in total. The van der Waals surface area contributed by atoms with Crippen molar-refractivity contribution in [2.24, 2.45) is 0 Å². The number of carbonyl (C=O) groups excluding carboxylic acids is 1. The number of fused-ring (bicyclic) bond motifs is 1. The Hall–Kier alpha value is -2.28. The third kappa shape index (κ3) is 4.81. The van der Waals surface area contributed by atoms with Gasteiger partial charge in [0.1, 0.15) is 6.61 Å². The van der Waals surface area contributed by atoms with E-state index in [9.17, 15) is 9.90 Å². The van der Waals surface area contributed by atoms with Crippen LogP contribution in [-0.4, -0.2) is 54.9 Å². The van der Waals surface area contributed by atoms with E-state index >= 15 is 0 Å². The molecule has 2 unspecified atom stereocenters. The fraction of sp³-hybridized carbons (Fsp3) is 0.458. The number of benzene rings is 2. The highest BCUT2D eigenvalue weighted by molar-refractivity contribution is 6.30. The highest BCUT2D eigenvalue weighted by Gasteiger charge is 2.35. The zero-order chi connectivity index (χ0) is 22.0. The second-order valence-corrected chi connectivity index (χ2v) is 8.79. The Morgan fingerprint density at radius 2 is 1.94 bits per heavy atom. The number of piperidine rings is 1. The van der Waals surface area contributed by atoms with Crippen molar-refractivity contribution < 1.29 is 24.1 Å². The van der Waals surface area contributed by atoms with Gasteiger partial charge in [0.2, 0.25) is 6.10 Å². The van der Waals surface area contributed by atoms with E-state index in [0.717, 1.165) is 30.6 Å². The first kappa shape index (κ1) is 21.9. The lowest BCUT2D eigenvalue weighted by Crippen LogP contribution is -2.46. The number of esters is 1. The van der Waals surface area contributed by atoms with Crippen molar-refractivity contribution >= 4 is 17.6 Å². The van der Waals surface area contributed by atoms with Crippen LogP contribution in [0.5, 0.6) is 11.5 Å². The van der Waals surface area contributed by atoms with E-state index in [1.165, 1.54) is 7.11 Å². The predicted octanol–water partition coefficient (Wildman–Crippen LogP) is 3.57. The van der Waals surface area contributed by atoms with Crippen LogP contribution in [0.25, 0.3) is 0 Å². The van der Waals surface area contributed by atoms with Crippen LogP contribution < -0.4 is 9.47 Å². The Labute approximate surface area is 187 Å². The van der Waals surface area contributed by atoms with E-state index in [4.69, 9.17) is 25.8 Å². The molecule has 6 nitrogen and oxygen atoms in total. The standard InChI is InChI=1S/C24H28ClNO5/c1-16(26-11-9-24(28,10-12-26)18-4-6-19(25)7-5-18)13-17-3-8-20-21(14-17)30-15-22(31-20)23(27)29-2/h3-8,14,16,22,28H,9-13,15H2,1-2H3. The maximum absolute atomic E-state index is 11.7. The Bertz CT molecular complexity index is 924. The largest absolute Gasteiger partial charge is 0.485 e. The number of halogens is 1. The van der Waals surface area contributed by atoms with Crippen molar-refractivity contribution in [2.75, 3.05) is 26.8 Å². The van der Waals surface area contributed by atoms with Gasteiger partial charge in [-0.1, -0.05) is 29.8 Å². The van der Waals surface area contributed by atoms with E-state index < -0.39 is 17.7 Å². The van der Waals surface area contributed by atoms with Gasteiger partial charge in [0.05, 0.1) is 12.7 Å². The predicted molar refractivity (Wildman–Crippen MR) is 118 cm³/mol. The van der Waals surface area contributed by atoms with Gasteiger partial charge in [-0.15, -0.1) is 0 Å². The second kappa shape index (κ2) is 9.07. The fourth-order valence-electron chi connectivity index (χ4n) is 4.34. The van der Waals surface area contributed by atoms with E-state index in [-0.39, 0.29) is 6.61 Å². The summed E-state index contributed by atoms with van der Waals surface area (Å²) in [5, 5.41) is 11.8. The first-order valence-corrected chi connectivity index (χ1v) is 11.0. The molecule has 2 heterocycles. The highest BCUT2D eigenvalue weighted by Crippen LogP contribution is 2.36. The summed E-state index contributed by atoms with van der Waals surface area (Å²) >= 11 is 5.98. The second-order valence-electron chi connectivity index (χ2n) is 8.35. The Morgan fingerprint density at radius 3 is 2.61 bits per heavy atom. The molecule has 1 saturated heterocycles. The molecule has 2 aromatic carbocycles. The summed E-state index contributed by atoms with van der Waals surface area (Å²) in [4.78, 5) is 14.1. The molecule has 0 saturated carbocycles. The number of methoxy groups -OCH3 is 1. The number of ether oxygens (including phenoxy) is 3. The Kier molecular flexibility index (Phi) is 6.42. The average Bonchev–Trinajstić information content (AvgIpc) is 2.79. The third-order valence-electron chi connectivity index (χ3n) is 6.29. The maximum atomic E-state index is 11.7. The van der Waals surface area contributed by atoms with Crippen LogP contribution in [0, 0.1) is 0 Å². The topological polar surface area (TPSA) is 68.2 Å². The zero-order valence-corrected chi connectivity index (χ0v) is 18.6. The molecule has 0 bridgehead atoms. The Morgan fingerprint density at radius 1 is 1.23 bits per heavy atom. The van der Waals surface area contributed by atoms with E-state index in [2.05, 4.69) is 11.8 Å². The van der Waals surface area contributed by atoms with Gasteiger partial charge in [0.15, 0.2) is 11.5 Å². The van der Waals surface area contributed by atoms with Crippen LogP contribution in [-0.2, 0) is 21.6 Å². The molecule has 2 aromatic rings. The summed E-state index contributed by atoms with van der Waals surface area (Å²) in [7, 11) is 1.34. The molecule has 31 heavy (non-hydrogen) atoms. The minimum Gasteiger partial charge on any atom is -0.485 e. The molecule has 0 aromatic heterocycles. The van der Waals surface area contributed by atoms with Gasteiger partial charge in [-0.3, -0.25) is 0 Å². The van der Waals surface area contributed by atoms with Gasteiger partial charge in [0, 0.05) is 24.2 Å². The molecule has 166 valence electrons. The zero-order valence-electron chi connectivity index (χ0n) is 17.8. The first-order valence-electron chi connectivity index (χ1n) is 10.6. The first-order chi connectivity index (χ1) is 14.9. The average molecular weight is 446 g/mol. The lowest BCUT2D eigenvalue weighted by Gasteiger charge is -2.41. The van der Waals surface area contributed by atoms with Gasteiger partial charge in [-0.05, 0) is 61.6 Å². The summed E-state index contributed by atoms with van der Waals surface area (Å²) in [5.74, 6) is 0.775. The molecule has 0 amide bonds. The number of rotatable bonds is 5. The lowest BCUT2D eigenvalue weighted by atomic mass is 9.84. The number of carbonyl (C=O) groups is 1. The molecule has 2 aliphatic heterocycles. The highest BCUT2D eigenvalue weighted by atomic mass is 35.5. The molecule has 1 fully saturated rings. The van der Waals surface area contributed by atoms with Gasteiger partial charge < -0.3 is 24.2 Å². The van der Waals surface area contributed by atoms with Crippen molar-refractivity contribution in [3.8, 4) is 11.5 Å². The number of aliphatic hydroxyl groups is 1. The van der Waals surface area contributed by atoms with Crippen molar-refractivity contribution in [1.29, 1.82) is 0 Å². The molecule has 4 rings (SSSR count). The lowest BCUT2D eigenvalue weighted by molar-refractivity contribution is -0.151. The molecule has 0 aliphatic carbocycles. The molecule has 2 atom stereocenters. The van der Waals surface area contributed by atoms with Gasteiger partial charge in [-0.25, -0.2) is 4.79 Å². The third-order valence-corrected chi connectivity index (χ3v) is 6.54. The number of hydrogen-bond donors (Lipinski definition) is 1. The normalized spacial score (nSPS) is 21.4. The summed E-state index contributed by atoms with van der Waals surface area (Å²) in [6, 6.07) is 13.7. The van der Waals surface area contributed by atoms with Crippen molar-refractivity contribution in [2.45, 2.75) is 43.9 Å². The van der Waals surface area contributed by atoms with E-state index in [1.54, 1.807) is 0 Å². The molecule has 0 spiro atoms. The molecular weight excluding hydrogens is 418 g/mol. The SMILES string of the molecule is COC(=O)C1COc2cc(CC(C)N3CCC(O)(c4ccc(Cl)cc4)CC3)ccc2O1. The van der Waals surface area contributed by atoms with E-state index in [1.807, 2.05) is 42.5 Å². The van der Waals surface area contributed by atoms with Crippen LogP contribution in [0.2, 0.25) is 5.02 Å².